The topological polar surface area (TPSA) is 17.1 Å². The van der Waals surface area contributed by atoms with E-state index in [2.05, 4.69) is 29.8 Å². The van der Waals surface area contributed by atoms with Crippen LogP contribution in [0.1, 0.15) is 41.3 Å². The number of carbonyl (C=O) groups excluding carboxylic acids is 1. The summed E-state index contributed by atoms with van der Waals surface area (Å²) in [7, 11) is 0. The van der Waals surface area contributed by atoms with Crippen LogP contribution in [0.5, 0.6) is 0 Å². The molecule has 0 aliphatic rings. The Morgan fingerprint density at radius 2 is 1.74 bits per heavy atom. The Balaban J connectivity index is 2.36. The summed E-state index contributed by atoms with van der Waals surface area (Å²) >= 11 is 3.25. The lowest BCUT2D eigenvalue weighted by atomic mass is 9.98. The van der Waals surface area contributed by atoms with Crippen LogP contribution in [0.25, 0.3) is 0 Å². The van der Waals surface area contributed by atoms with Gasteiger partial charge in [-0.2, -0.15) is 0 Å². The maximum absolute atomic E-state index is 13.7. The molecule has 0 unspecified atom stereocenters. The normalized spacial score (nSPS) is 10.8. The average molecular weight is 321 g/mol. The molecule has 0 N–H and O–H groups in total. The Kier molecular flexibility index (Phi) is 4.15. The van der Waals surface area contributed by atoms with Crippen LogP contribution in [0, 0.1) is 5.82 Å². The number of hydrogen-bond donors (Lipinski definition) is 0. The van der Waals surface area contributed by atoms with Crippen molar-refractivity contribution < 1.29 is 9.18 Å². The Morgan fingerprint density at radius 3 is 2.32 bits per heavy atom. The minimum atomic E-state index is -0.499. The standard InChI is InChI=1S/C16H14BrFO/c1-10(2)11-3-5-12(6-4-11)16(19)14-9-13(17)7-8-15(14)18/h3-10H,1-2H3. The smallest absolute Gasteiger partial charge is 0.196 e. The number of halogens is 2. The highest BCUT2D eigenvalue weighted by molar-refractivity contribution is 9.10. The maximum atomic E-state index is 13.7. The molecule has 0 bridgehead atoms. The van der Waals surface area contributed by atoms with Crippen LogP contribution >= 0.6 is 15.9 Å². The van der Waals surface area contributed by atoms with Gasteiger partial charge in [-0.25, -0.2) is 4.39 Å². The van der Waals surface area contributed by atoms with E-state index >= 15 is 0 Å². The highest BCUT2D eigenvalue weighted by Gasteiger charge is 2.14. The molecule has 1 nitrogen and oxygen atoms in total. The molecule has 0 amide bonds. The zero-order valence-electron chi connectivity index (χ0n) is 10.8. The van der Waals surface area contributed by atoms with Gasteiger partial charge in [-0.1, -0.05) is 54.0 Å². The number of hydrogen-bond acceptors (Lipinski definition) is 1. The van der Waals surface area contributed by atoms with Crippen molar-refractivity contribution in [2.24, 2.45) is 0 Å². The minimum Gasteiger partial charge on any atom is -0.288 e. The van der Waals surface area contributed by atoms with Crippen LogP contribution < -0.4 is 0 Å². The predicted molar refractivity (Wildman–Crippen MR) is 78.1 cm³/mol. The SMILES string of the molecule is CC(C)c1ccc(C(=O)c2cc(Br)ccc2F)cc1. The zero-order valence-corrected chi connectivity index (χ0v) is 12.4. The van der Waals surface area contributed by atoms with Crippen LogP contribution in [0.4, 0.5) is 4.39 Å². The fourth-order valence-electron chi connectivity index (χ4n) is 1.85. The van der Waals surface area contributed by atoms with Gasteiger partial charge >= 0.3 is 0 Å². The summed E-state index contributed by atoms with van der Waals surface area (Å²) in [5, 5.41) is 0. The zero-order chi connectivity index (χ0) is 14.0. The van der Waals surface area contributed by atoms with Gasteiger partial charge in [-0.15, -0.1) is 0 Å². The van der Waals surface area contributed by atoms with Crippen molar-refractivity contribution in [3.63, 3.8) is 0 Å². The summed E-state index contributed by atoms with van der Waals surface area (Å²) in [5.74, 6) is -0.387. The second-order valence-electron chi connectivity index (χ2n) is 4.73. The van der Waals surface area contributed by atoms with Crippen LogP contribution in [-0.4, -0.2) is 5.78 Å². The molecule has 0 aliphatic carbocycles. The Bertz CT molecular complexity index is 603. The maximum Gasteiger partial charge on any atom is 0.196 e. The van der Waals surface area contributed by atoms with Crippen LogP contribution in [0.2, 0.25) is 0 Å². The van der Waals surface area contributed by atoms with Crippen molar-refractivity contribution in [2.45, 2.75) is 19.8 Å². The summed E-state index contributed by atoms with van der Waals surface area (Å²) in [6.07, 6.45) is 0. The lowest BCUT2D eigenvalue weighted by molar-refractivity contribution is 0.103. The quantitative estimate of drug-likeness (QED) is 0.732. The van der Waals surface area contributed by atoms with Crippen molar-refractivity contribution in [2.75, 3.05) is 0 Å². The number of benzene rings is 2. The Hall–Kier alpha value is -1.48. The van der Waals surface area contributed by atoms with Crippen molar-refractivity contribution in [3.05, 3.63) is 69.4 Å². The molecule has 0 saturated carbocycles. The van der Waals surface area contributed by atoms with E-state index in [0.717, 1.165) is 5.56 Å². The van der Waals surface area contributed by atoms with E-state index in [1.54, 1.807) is 18.2 Å². The number of ketones is 1. The van der Waals surface area contributed by atoms with Gasteiger partial charge in [0.15, 0.2) is 5.78 Å². The molecular formula is C16H14BrFO. The van der Waals surface area contributed by atoms with E-state index in [9.17, 15) is 9.18 Å². The van der Waals surface area contributed by atoms with Crippen LogP contribution in [-0.2, 0) is 0 Å². The second kappa shape index (κ2) is 5.66. The molecule has 0 radical (unpaired) electrons. The highest BCUT2D eigenvalue weighted by Crippen LogP contribution is 2.20. The molecule has 0 fully saturated rings. The summed E-state index contributed by atoms with van der Waals surface area (Å²) in [6.45, 7) is 4.18. The number of rotatable bonds is 3. The molecule has 0 aliphatic heterocycles. The molecule has 0 spiro atoms. The molecule has 0 aromatic heterocycles. The molecule has 2 rings (SSSR count). The summed E-state index contributed by atoms with van der Waals surface area (Å²) in [5.41, 5.74) is 1.75. The first-order valence-corrected chi connectivity index (χ1v) is 6.88. The first-order valence-electron chi connectivity index (χ1n) is 6.08. The molecule has 2 aromatic rings. The lowest BCUT2D eigenvalue weighted by Gasteiger charge is -2.07. The molecule has 19 heavy (non-hydrogen) atoms. The molecule has 0 heterocycles. The van der Waals surface area contributed by atoms with Crippen LogP contribution in [0.15, 0.2) is 46.9 Å². The van der Waals surface area contributed by atoms with Gasteiger partial charge in [0.05, 0.1) is 5.56 Å². The summed E-state index contributed by atoms with van der Waals surface area (Å²) < 4.78 is 14.4. The van der Waals surface area contributed by atoms with Gasteiger partial charge in [0.25, 0.3) is 0 Å². The molecule has 0 saturated heterocycles. The summed E-state index contributed by atoms with van der Waals surface area (Å²) in [6, 6.07) is 11.7. The lowest BCUT2D eigenvalue weighted by Crippen LogP contribution is -2.04. The van der Waals surface area contributed by atoms with Gasteiger partial charge in [0.1, 0.15) is 5.82 Å². The monoisotopic (exact) mass is 320 g/mol. The minimum absolute atomic E-state index is 0.0895. The van der Waals surface area contributed by atoms with E-state index in [4.69, 9.17) is 0 Å². The van der Waals surface area contributed by atoms with Gasteiger partial charge in [0, 0.05) is 10.0 Å². The van der Waals surface area contributed by atoms with Gasteiger partial charge in [-0.05, 0) is 29.7 Å². The number of carbonyl (C=O) groups is 1. The highest BCUT2D eigenvalue weighted by atomic mass is 79.9. The fraction of sp³-hybridized carbons (Fsp3) is 0.188. The van der Waals surface area contributed by atoms with Crippen molar-refractivity contribution >= 4 is 21.7 Å². The average Bonchev–Trinajstić information content (AvgIpc) is 2.41. The first kappa shape index (κ1) is 13.9. The van der Waals surface area contributed by atoms with Gasteiger partial charge in [-0.3, -0.25) is 4.79 Å². The van der Waals surface area contributed by atoms with E-state index in [1.807, 2.05) is 12.1 Å². The van der Waals surface area contributed by atoms with Crippen LogP contribution in [0.3, 0.4) is 0 Å². The molecule has 98 valence electrons. The molecular weight excluding hydrogens is 307 g/mol. The third-order valence-electron chi connectivity index (χ3n) is 3.01. The van der Waals surface area contributed by atoms with Gasteiger partial charge < -0.3 is 0 Å². The first-order chi connectivity index (χ1) is 8.99. The summed E-state index contributed by atoms with van der Waals surface area (Å²) in [4.78, 5) is 12.2. The molecule has 2 aromatic carbocycles. The Morgan fingerprint density at radius 1 is 1.11 bits per heavy atom. The predicted octanol–water partition coefficient (Wildman–Crippen LogP) is 4.94. The molecule has 3 heteroatoms. The molecule has 0 atom stereocenters. The fourth-order valence-corrected chi connectivity index (χ4v) is 2.21. The third kappa shape index (κ3) is 3.10. The second-order valence-corrected chi connectivity index (χ2v) is 5.65. The van der Waals surface area contributed by atoms with Gasteiger partial charge in [0.2, 0.25) is 0 Å². The van der Waals surface area contributed by atoms with Crippen molar-refractivity contribution in [1.29, 1.82) is 0 Å². The third-order valence-corrected chi connectivity index (χ3v) is 3.51. The van der Waals surface area contributed by atoms with E-state index in [1.165, 1.54) is 12.1 Å². The van der Waals surface area contributed by atoms with Crippen molar-refractivity contribution in [1.82, 2.24) is 0 Å². The van der Waals surface area contributed by atoms with E-state index < -0.39 is 5.82 Å². The van der Waals surface area contributed by atoms with E-state index in [-0.39, 0.29) is 11.3 Å². The van der Waals surface area contributed by atoms with Crippen molar-refractivity contribution in [3.8, 4) is 0 Å². The Labute approximate surface area is 120 Å². The van der Waals surface area contributed by atoms with E-state index in [0.29, 0.717) is 16.0 Å². The largest absolute Gasteiger partial charge is 0.288 e.